The van der Waals surface area contributed by atoms with Gasteiger partial charge in [-0.05, 0) is 36.1 Å². The van der Waals surface area contributed by atoms with Crippen molar-refractivity contribution in [1.29, 1.82) is 0 Å². The standard InChI is InChI=1S/C12H25N5/c1-9(2)6-7-11(5)17-12(14-15-16-17)8-13-10(3)4/h9-11,13H,6-8H2,1-5H3. The molecule has 0 aliphatic heterocycles. The highest BCUT2D eigenvalue weighted by atomic mass is 15.6. The maximum Gasteiger partial charge on any atom is 0.165 e. The number of aromatic nitrogens is 4. The molecule has 1 atom stereocenters. The average molecular weight is 239 g/mol. The molecule has 0 aliphatic carbocycles. The molecule has 5 nitrogen and oxygen atoms in total. The minimum absolute atomic E-state index is 0.372. The zero-order valence-electron chi connectivity index (χ0n) is 11.6. The van der Waals surface area contributed by atoms with Crippen LogP contribution in [0.3, 0.4) is 0 Å². The smallest absolute Gasteiger partial charge is 0.165 e. The maximum absolute atomic E-state index is 4.09. The van der Waals surface area contributed by atoms with Gasteiger partial charge in [0.1, 0.15) is 0 Å². The van der Waals surface area contributed by atoms with Crippen LogP contribution in [0.2, 0.25) is 0 Å². The molecule has 5 heteroatoms. The molecule has 1 heterocycles. The van der Waals surface area contributed by atoms with Gasteiger partial charge in [-0.25, -0.2) is 4.68 Å². The van der Waals surface area contributed by atoms with Crippen molar-refractivity contribution < 1.29 is 0 Å². The van der Waals surface area contributed by atoms with Gasteiger partial charge in [0.05, 0.1) is 12.6 Å². The summed E-state index contributed by atoms with van der Waals surface area (Å²) in [6.07, 6.45) is 2.33. The van der Waals surface area contributed by atoms with Gasteiger partial charge in [0.15, 0.2) is 5.82 Å². The summed E-state index contributed by atoms with van der Waals surface area (Å²) in [4.78, 5) is 0. The van der Waals surface area contributed by atoms with Crippen molar-refractivity contribution in [2.24, 2.45) is 5.92 Å². The first-order valence-electron chi connectivity index (χ1n) is 6.50. The summed E-state index contributed by atoms with van der Waals surface area (Å²) >= 11 is 0. The SMILES string of the molecule is CC(C)CCC(C)n1nnnc1CNC(C)C. The fourth-order valence-corrected chi connectivity index (χ4v) is 1.66. The number of rotatable bonds is 7. The molecule has 1 rings (SSSR count). The van der Waals surface area contributed by atoms with Crippen LogP contribution in [0, 0.1) is 5.92 Å². The highest BCUT2D eigenvalue weighted by Gasteiger charge is 2.13. The fraction of sp³-hybridized carbons (Fsp3) is 0.917. The first-order chi connectivity index (χ1) is 8.00. The predicted octanol–water partition coefficient (Wildman–Crippen LogP) is 2.17. The third-order valence-electron chi connectivity index (χ3n) is 2.81. The molecule has 1 N–H and O–H groups in total. The third kappa shape index (κ3) is 4.81. The molecule has 0 spiro atoms. The van der Waals surface area contributed by atoms with Crippen molar-refractivity contribution in [1.82, 2.24) is 25.5 Å². The molecule has 0 saturated carbocycles. The first-order valence-corrected chi connectivity index (χ1v) is 6.50. The summed E-state index contributed by atoms with van der Waals surface area (Å²) in [5.74, 6) is 1.65. The van der Waals surface area contributed by atoms with Gasteiger partial charge in [-0.15, -0.1) is 5.10 Å². The van der Waals surface area contributed by atoms with E-state index in [2.05, 4.69) is 55.5 Å². The topological polar surface area (TPSA) is 55.6 Å². The van der Waals surface area contributed by atoms with E-state index in [0.717, 1.165) is 24.7 Å². The minimum atomic E-state index is 0.372. The van der Waals surface area contributed by atoms with Crippen molar-refractivity contribution in [3.8, 4) is 0 Å². The Hall–Kier alpha value is -0.970. The fourth-order valence-electron chi connectivity index (χ4n) is 1.66. The molecule has 0 radical (unpaired) electrons. The van der Waals surface area contributed by atoms with Gasteiger partial charge in [-0.2, -0.15) is 0 Å². The Morgan fingerprint density at radius 1 is 1.12 bits per heavy atom. The lowest BCUT2D eigenvalue weighted by atomic mass is 10.0. The van der Waals surface area contributed by atoms with Crippen LogP contribution in [-0.4, -0.2) is 26.2 Å². The van der Waals surface area contributed by atoms with Crippen LogP contribution in [0.5, 0.6) is 0 Å². The van der Waals surface area contributed by atoms with E-state index < -0.39 is 0 Å². The van der Waals surface area contributed by atoms with E-state index in [1.54, 1.807) is 0 Å². The van der Waals surface area contributed by atoms with Gasteiger partial charge in [-0.1, -0.05) is 27.7 Å². The number of nitrogens with zero attached hydrogens (tertiary/aromatic N) is 4. The molecule has 0 fully saturated rings. The number of hydrogen-bond acceptors (Lipinski definition) is 4. The van der Waals surface area contributed by atoms with Crippen molar-refractivity contribution in [3.63, 3.8) is 0 Å². The molecule has 0 saturated heterocycles. The Balaban J connectivity index is 2.54. The largest absolute Gasteiger partial charge is 0.308 e. The second-order valence-electron chi connectivity index (χ2n) is 5.40. The van der Waals surface area contributed by atoms with Gasteiger partial charge in [0.2, 0.25) is 0 Å². The molecule has 0 bridgehead atoms. The van der Waals surface area contributed by atoms with Gasteiger partial charge < -0.3 is 5.32 Å². The van der Waals surface area contributed by atoms with Crippen LogP contribution in [0.4, 0.5) is 0 Å². The van der Waals surface area contributed by atoms with Crippen LogP contribution < -0.4 is 5.32 Å². The van der Waals surface area contributed by atoms with E-state index in [1.807, 2.05) is 4.68 Å². The number of nitrogens with one attached hydrogen (secondary N) is 1. The van der Waals surface area contributed by atoms with Crippen LogP contribution in [0.25, 0.3) is 0 Å². The first kappa shape index (κ1) is 14.1. The molecular weight excluding hydrogens is 214 g/mol. The Kier molecular flexibility index (Phi) is 5.55. The summed E-state index contributed by atoms with van der Waals surface area (Å²) in [6.45, 7) is 11.6. The van der Waals surface area contributed by atoms with Gasteiger partial charge in [0.25, 0.3) is 0 Å². The summed E-state index contributed by atoms with van der Waals surface area (Å²) in [6, 6.07) is 0.822. The van der Waals surface area contributed by atoms with Crippen LogP contribution in [-0.2, 0) is 6.54 Å². The second-order valence-corrected chi connectivity index (χ2v) is 5.40. The lowest BCUT2D eigenvalue weighted by Crippen LogP contribution is -2.25. The zero-order valence-corrected chi connectivity index (χ0v) is 11.6. The van der Waals surface area contributed by atoms with Gasteiger partial charge in [-0.3, -0.25) is 0 Å². The Morgan fingerprint density at radius 3 is 2.41 bits per heavy atom. The molecule has 1 aromatic rings. The van der Waals surface area contributed by atoms with Crippen molar-refractivity contribution in [3.05, 3.63) is 5.82 Å². The van der Waals surface area contributed by atoms with Crippen LogP contribution in [0.1, 0.15) is 59.3 Å². The molecule has 1 unspecified atom stereocenters. The average Bonchev–Trinajstić information content (AvgIpc) is 2.71. The quantitative estimate of drug-likeness (QED) is 0.792. The Labute approximate surface area is 104 Å². The Morgan fingerprint density at radius 2 is 1.82 bits per heavy atom. The molecule has 0 aromatic carbocycles. The van der Waals surface area contributed by atoms with Crippen molar-refractivity contribution in [2.45, 2.75) is 66.1 Å². The van der Waals surface area contributed by atoms with E-state index in [0.29, 0.717) is 12.1 Å². The molecule has 17 heavy (non-hydrogen) atoms. The predicted molar refractivity (Wildman–Crippen MR) is 68.6 cm³/mol. The van der Waals surface area contributed by atoms with E-state index in [9.17, 15) is 0 Å². The summed E-state index contributed by atoms with van der Waals surface area (Å²) in [7, 11) is 0. The van der Waals surface area contributed by atoms with E-state index in [-0.39, 0.29) is 0 Å². The molecule has 1 aromatic heterocycles. The lowest BCUT2D eigenvalue weighted by Gasteiger charge is -2.15. The summed E-state index contributed by atoms with van der Waals surface area (Å²) in [5, 5.41) is 15.3. The lowest BCUT2D eigenvalue weighted by molar-refractivity contribution is 0.387. The number of tetrazole rings is 1. The van der Waals surface area contributed by atoms with Crippen molar-refractivity contribution >= 4 is 0 Å². The molecule has 0 amide bonds. The summed E-state index contributed by atoms with van der Waals surface area (Å²) in [5.41, 5.74) is 0. The van der Waals surface area contributed by atoms with E-state index in [1.165, 1.54) is 6.42 Å². The third-order valence-corrected chi connectivity index (χ3v) is 2.81. The monoisotopic (exact) mass is 239 g/mol. The normalized spacial score (nSPS) is 13.6. The second kappa shape index (κ2) is 6.69. The van der Waals surface area contributed by atoms with Crippen LogP contribution in [0.15, 0.2) is 0 Å². The maximum atomic E-state index is 4.09. The van der Waals surface area contributed by atoms with Gasteiger partial charge in [0, 0.05) is 6.04 Å². The van der Waals surface area contributed by atoms with E-state index >= 15 is 0 Å². The summed E-state index contributed by atoms with van der Waals surface area (Å²) < 4.78 is 1.94. The van der Waals surface area contributed by atoms with Crippen LogP contribution >= 0.6 is 0 Å². The molecular formula is C12H25N5. The highest BCUT2D eigenvalue weighted by Crippen LogP contribution is 2.16. The molecule has 0 aliphatic rings. The van der Waals surface area contributed by atoms with Crippen molar-refractivity contribution in [2.75, 3.05) is 0 Å². The van der Waals surface area contributed by atoms with E-state index in [4.69, 9.17) is 0 Å². The highest BCUT2D eigenvalue weighted by molar-refractivity contribution is 4.83. The minimum Gasteiger partial charge on any atom is -0.308 e. The Bertz CT molecular complexity index is 318. The van der Waals surface area contributed by atoms with Gasteiger partial charge >= 0.3 is 0 Å². The zero-order chi connectivity index (χ0) is 12.8. The number of hydrogen-bond donors (Lipinski definition) is 1. The molecule has 98 valence electrons.